The van der Waals surface area contributed by atoms with Crippen LogP contribution in [0.2, 0.25) is 0 Å². The number of aromatic amines is 1. The Morgan fingerprint density at radius 1 is 1.28 bits per heavy atom. The fraction of sp³-hybridized carbons (Fsp3) is 0.143. The highest BCUT2D eigenvalue weighted by molar-refractivity contribution is 7.13. The van der Waals surface area contributed by atoms with E-state index in [1.165, 1.54) is 47.2 Å². The molecule has 0 aliphatic rings. The number of nitro groups is 1. The highest BCUT2D eigenvalue weighted by Crippen LogP contribution is 2.28. The average molecular weight is 450 g/mol. The number of hydrogen-bond acceptors (Lipinski definition) is 7. The maximum absolute atomic E-state index is 13.0. The van der Waals surface area contributed by atoms with Crippen molar-refractivity contribution in [2.75, 3.05) is 5.32 Å². The van der Waals surface area contributed by atoms with Gasteiger partial charge in [-0.2, -0.15) is 9.78 Å². The molecule has 0 radical (unpaired) electrons. The molecule has 32 heavy (non-hydrogen) atoms. The van der Waals surface area contributed by atoms with E-state index < -0.39 is 10.8 Å². The van der Waals surface area contributed by atoms with Crippen LogP contribution in [0.25, 0.3) is 16.5 Å². The Bertz CT molecular complexity index is 1370. The minimum absolute atomic E-state index is 0.146. The molecule has 0 atom stereocenters. The number of H-pyrrole nitrogens is 1. The Morgan fingerprint density at radius 2 is 2.09 bits per heavy atom. The minimum Gasteiger partial charge on any atom is -0.306 e. The molecule has 11 heteroatoms. The van der Waals surface area contributed by atoms with E-state index in [-0.39, 0.29) is 34.1 Å². The van der Waals surface area contributed by atoms with Crippen LogP contribution in [0, 0.1) is 17.0 Å². The van der Waals surface area contributed by atoms with Crippen LogP contribution in [0.3, 0.4) is 0 Å². The van der Waals surface area contributed by atoms with Crippen molar-refractivity contribution in [3.63, 3.8) is 0 Å². The lowest BCUT2D eigenvalue weighted by molar-refractivity contribution is -0.385. The van der Waals surface area contributed by atoms with E-state index in [0.29, 0.717) is 17.8 Å². The zero-order valence-corrected chi connectivity index (χ0v) is 18.0. The molecule has 4 aromatic rings. The number of nitrogens with one attached hydrogen (secondary N) is 2. The molecule has 1 aromatic carbocycles. The van der Waals surface area contributed by atoms with Gasteiger partial charge >= 0.3 is 0 Å². The number of amides is 1. The Kier molecular flexibility index (Phi) is 5.65. The lowest BCUT2D eigenvalue weighted by Gasteiger charge is -2.10. The van der Waals surface area contributed by atoms with Crippen LogP contribution in [0.5, 0.6) is 0 Å². The van der Waals surface area contributed by atoms with Crippen molar-refractivity contribution < 1.29 is 9.72 Å². The molecule has 0 aliphatic heterocycles. The second kappa shape index (κ2) is 8.55. The molecule has 4 rings (SSSR count). The summed E-state index contributed by atoms with van der Waals surface area (Å²) in [7, 11) is 0. The lowest BCUT2D eigenvalue weighted by atomic mass is 10.1. The number of anilines is 1. The Morgan fingerprint density at radius 3 is 2.78 bits per heavy atom. The fourth-order valence-corrected chi connectivity index (χ4v) is 3.88. The summed E-state index contributed by atoms with van der Waals surface area (Å²) in [5, 5.41) is 20.4. The summed E-state index contributed by atoms with van der Waals surface area (Å²) in [4.78, 5) is 43.7. The van der Waals surface area contributed by atoms with E-state index in [2.05, 4.69) is 20.4 Å². The largest absolute Gasteiger partial charge is 0.306 e. The van der Waals surface area contributed by atoms with Gasteiger partial charge in [0.15, 0.2) is 0 Å². The zero-order chi connectivity index (χ0) is 22.8. The summed E-state index contributed by atoms with van der Waals surface area (Å²) >= 11 is 1.47. The first-order chi connectivity index (χ1) is 15.4. The molecule has 3 aromatic heterocycles. The summed E-state index contributed by atoms with van der Waals surface area (Å²) in [6.07, 6.45) is 0.546. The Balaban J connectivity index is 1.79. The van der Waals surface area contributed by atoms with Crippen molar-refractivity contribution in [1.82, 2.24) is 19.7 Å². The topological polar surface area (TPSA) is 136 Å². The van der Waals surface area contributed by atoms with E-state index in [1.807, 2.05) is 24.4 Å². The zero-order valence-electron chi connectivity index (χ0n) is 17.2. The summed E-state index contributed by atoms with van der Waals surface area (Å²) < 4.78 is 1.35. The highest BCUT2D eigenvalue weighted by Gasteiger charge is 2.21. The molecule has 0 saturated heterocycles. The molecule has 0 fully saturated rings. The van der Waals surface area contributed by atoms with Crippen molar-refractivity contribution in [3.05, 3.63) is 85.1 Å². The van der Waals surface area contributed by atoms with Gasteiger partial charge in [-0.1, -0.05) is 19.1 Å². The van der Waals surface area contributed by atoms with Crippen molar-refractivity contribution in [1.29, 1.82) is 0 Å². The van der Waals surface area contributed by atoms with Gasteiger partial charge in [0.25, 0.3) is 17.2 Å². The number of aromatic nitrogens is 4. The van der Waals surface area contributed by atoms with Crippen LogP contribution in [0.1, 0.15) is 28.5 Å². The van der Waals surface area contributed by atoms with Gasteiger partial charge in [-0.25, -0.2) is 4.98 Å². The SMILES string of the molecule is CCc1cc(=O)[nH]c(-n2nc(-c3cccs3)cc2NC(=O)c2cccc([N+](=O)[O-])c2C)n1. The number of rotatable bonds is 6. The number of nitrogens with zero attached hydrogens (tertiary/aromatic N) is 4. The van der Waals surface area contributed by atoms with Gasteiger partial charge in [-0.15, -0.1) is 11.3 Å². The monoisotopic (exact) mass is 450 g/mol. The van der Waals surface area contributed by atoms with Crippen LogP contribution < -0.4 is 10.9 Å². The van der Waals surface area contributed by atoms with Crippen molar-refractivity contribution in [2.24, 2.45) is 0 Å². The number of carbonyl (C=O) groups is 1. The number of hydrogen-bond donors (Lipinski definition) is 2. The molecule has 10 nitrogen and oxygen atoms in total. The number of aryl methyl sites for hydroxylation is 1. The molecule has 0 bridgehead atoms. The summed E-state index contributed by atoms with van der Waals surface area (Å²) in [6.45, 7) is 3.39. The molecule has 0 spiro atoms. The van der Waals surface area contributed by atoms with E-state index in [9.17, 15) is 19.7 Å². The normalized spacial score (nSPS) is 10.8. The maximum atomic E-state index is 13.0. The van der Waals surface area contributed by atoms with E-state index in [4.69, 9.17) is 0 Å². The molecule has 2 N–H and O–H groups in total. The molecule has 0 saturated carbocycles. The molecular formula is C21H18N6O4S. The first-order valence-electron chi connectivity index (χ1n) is 9.67. The van der Waals surface area contributed by atoms with Crippen LogP contribution in [0.4, 0.5) is 11.5 Å². The smallest absolute Gasteiger partial charge is 0.273 e. The average Bonchev–Trinajstić information content (AvgIpc) is 3.43. The lowest BCUT2D eigenvalue weighted by Crippen LogP contribution is -2.20. The standard InChI is InChI=1S/C21H18N6O4S/c1-3-13-10-19(28)24-21(22-13)26-18(11-15(25-26)17-8-5-9-32-17)23-20(29)14-6-4-7-16(12(14)2)27(30)31/h4-11H,3H2,1-2H3,(H,23,29)(H,22,24,28). The van der Waals surface area contributed by atoms with Crippen molar-refractivity contribution in [3.8, 4) is 16.5 Å². The predicted molar refractivity (Wildman–Crippen MR) is 120 cm³/mol. The summed E-state index contributed by atoms with van der Waals surface area (Å²) in [5.74, 6) is -0.122. The molecule has 3 heterocycles. The van der Waals surface area contributed by atoms with E-state index in [1.54, 1.807) is 6.07 Å². The maximum Gasteiger partial charge on any atom is 0.273 e. The van der Waals surface area contributed by atoms with Gasteiger partial charge in [0.1, 0.15) is 11.5 Å². The third-order valence-corrected chi connectivity index (χ3v) is 5.71. The molecule has 162 valence electrons. The van der Waals surface area contributed by atoms with Crippen molar-refractivity contribution >= 4 is 28.7 Å². The number of benzene rings is 1. The molecule has 0 unspecified atom stereocenters. The van der Waals surface area contributed by atoms with E-state index >= 15 is 0 Å². The summed E-state index contributed by atoms with van der Waals surface area (Å²) in [5.41, 5.74) is 1.07. The quantitative estimate of drug-likeness (QED) is 0.339. The molecular weight excluding hydrogens is 432 g/mol. The van der Waals surface area contributed by atoms with Gasteiger partial charge in [-0.05, 0) is 30.9 Å². The van der Waals surface area contributed by atoms with Gasteiger partial charge in [0.2, 0.25) is 5.95 Å². The second-order valence-electron chi connectivity index (χ2n) is 6.88. The third-order valence-electron chi connectivity index (χ3n) is 4.82. The predicted octanol–water partition coefficient (Wildman–Crippen LogP) is 3.72. The van der Waals surface area contributed by atoms with Crippen molar-refractivity contribution in [2.45, 2.75) is 20.3 Å². The number of carbonyl (C=O) groups excluding carboxylic acids is 1. The van der Waals surface area contributed by atoms with Crippen LogP contribution in [-0.4, -0.2) is 30.6 Å². The highest BCUT2D eigenvalue weighted by atomic mass is 32.1. The Labute approximate surface area is 185 Å². The van der Waals surface area contributed by atoms with Crippen LogP contribution in [-0.2, 0) is 6.42 Å². The van der Waals surface area contributed by atoms with Crippen LogP contribution >= 0.6 is 11.3 Å². The first-order valence-corrected chi connectivity index (χ1v) is 10.5. The van der Waals surface area contributed by atoms with Crippen LogP contribution in [0.15, 0.2) is 52.6 Å². The van der Waals surface area contributed by atoms with E-state index in [0.717, 1.165) is 4.88 Å². The first kappa shape index (κ1) is 21.1. The number of nitro benzene ring substituents is 1. The minimum atomic E-state index is -0.543. The Hall–Kier alpha value is -4.12. The van der Waals surface area contributed by atoms with Gasteiger partial charge in [0, 0.05) is 35.0 Å². The second-order valence-corrected chi connectivity index (χ2v) is 7.83. The third kappa shape index (κ3) is 4.05. The van der Waals surface area contributed by atoms with Gasteiger partial charge < -0.3 is 5.32 Å². The van der Waals surface area contributed by atoms with Gasteiger partial charge in [-0.3, -0.25) is 24.7 Å². The molecule has 1 amide bonds. The number of thiophene rings is 1. The summed E-state index contributed by atoms with van der Waals surface area (Å²) in [6, 6.07) is 11.1. The van der Waals surface area contributed by atoms with Gasteiger partial charge in [0.05, 0.1) is 9.80 Å². The fourth-order valence-electron chi connectivity index (χ4n) is 3.20. The molecule has 0 aliphatic carbocycles.